The second-order valence-corrected chi connectivity index (χ2v) is 16.3. The van der Waals surface area contributed by atoms with Gasteiger partial charge in [-0.3, -0.25) is 0 Å². The Morgan fingerprint density at radius 2 is 1.22 bits per heavy atom. The van der Waals surface area contributed by atoms with Gasteiger partial charge in [0.25, 0.3) is 0 Å². The summed E-state index contributed by atoms with van der Waals surface area (Å²) in [5.74, 6) is 0. The number of rotatable bonds is 6. The summed E-state index contributed by atoms with van der Waals surface area (Å²) in [5, 5.41) is 6.97. The van der Waals surface area contributed by atoms with Crippen LogP contribution in [0.3, 0.4) is 0 Å². The zero-order valence-electron chi connectivity index (χ0n) is 25.5. The van der Waals surface area contributed by atoms with Crippen LogP contribution in [0.4, 0.5) is 0 Å². The molecule has 7 aromatic rings. The number of benzene rings is 6. The summed E-state index contributed by atoms with van der Waals surface area (Å²) < 4.78 is 2.42. The average molecular weight is 594 g/mol. The van der Waals surface area contributed by atoms with Crippen LogP contribution in [0.25, 0.3) is 38.6 Å². The highest BCUT2D eigenvalue weighted by Gasteiger charge is 2.45. The van der Waals surface area contributed by atoms with Gasteiger partial charge >= 0.3 is 0 Å². The van der Waals surface area contributed by atoms with E-state index in [1.54, 1.807) is 0 Å². The van der Waals surface area contributed by atoms with E-state index in [9.17, 15) is 0 Å². The van der Waals surface area contributed by atoms with Gasteiger partial charge in [-0.1, -0.05) is 157 Å². The van der Waals surface area contributed by atoms with Crippen LogP contribution in [0.1, 0.15) is 12.0 Å². The number of hydrogen-bond acceptors (Lipinski definition) is 0. The van der Waals surface area contributed by atoms with Crippen molar-refractivity contribution in [1.29, 1.82) is 0 Å². The van der Waals surface area contributed by atoms with Crippen LogP contribution >= 0.6 is 0 Å². The third-order valence-electron chi connectivity index (χ3n) is 9.55. The van der Waals surface area contributed by atoms with E-state index in [4.69, 9.17) is 0 Å². The minimum Gasteiger partial charge on any atom is -0.309 e. The van der Waals surface area contributed by atoms with Crippen LogP contribution in [-0.4, -0.2) is 12.6 Å². The van der Waals surface area contributed by atoms with Crippen molar-refractivity contribution in [1.82, 2.24) is 4.57 Å². The van der Waals surface area contributed by atoms with E-state index in [2.05, 4.69) is 187 Å². The molecule has 6 aromatic carbocycles. The van der Waals surface area contributed by atoms with Gasteiger partial charge in [0, 0.05) is 16.5 Å². The summed E-state index contributed by atoms with van der Waals surface area (Å²) in [6.45, 7) is 2.26. The summed E-state index contributed by atoms with van der Waals surface area (Å²) in [5.41, 5.74) is 7.90. The third-order valence-corrected chi connectivity index (χ3v) is 14.8. The third kappa shape index (κ3) is 4.61. The van der Waals surface area contributed by atoms with Crippen molar-refractivity contribution in [2.75, 3.05) is 0 Å². The molecule has 216 valence electrons. The normalized spacial score (nSPS) is 15.8. The first-order valence-corrected chi connectivity index (χ1v) is 18.0. The van der Waals surface area contributed by atoms with Gasteiger partial charge in [-0.2, -0.15) is 0 Å². The molecule has 1 heterocycles. The molecule has 0 aliphatic heterocycles. The Bertz CT molecular complexity index is 2190. The first kappa shape index (κ1) is 27.4. The minimum atomic E-state index is -2.64. The van der Waals surface area contributed by atoms with Gasteiger partial charge in [0.2, 0.25) is 0 Å². The molecule has 2 atom stereocenters. The molecule has 2 heteroatoms. The lowest BCUT2D eigenvalue weighted by atomic mass is 10.0. The van der Waals surface area contributed by atoms with E-state index in [-0.39, 0.29) is 0 Å². The molecule has 1 aliphatic rings. The Morgan fingerprint density at radius 3 is 1.98 bits per heavy atom. The highest BCUT2D eigenvalue weighted by Crippen LogP contribution is 2.35. The molecule has 8 rings (SSSR count). The SMILES string of the molecule is Cc1cc(-c2ccccc2)cc([Si](c2ccccc2)(c2ccc3c(c2)c2ccccc2n3-c2ccccc2)C2C=CC=CC2)c1. The molecule has 1 aromatic heterocycles. The number of fused-ring (bicyclic) bond motifs is 3. The molecule has 1 nitrogen and oxygen atoms in total. The zero-order valence-corrected chi connectivity index (χ0v) is 26.5. The molecule has 0 N–H and O–H groups in total. The zero-order chi connectivity index (χ0) is 30.2. The molecular weight excluding hydrogens is 559 g/mol. The Hall–Kier alpha value is -5.18. The van der Waals surface area contributed by atoms with Crippen LogP contribution in [0.2, 0.25) is 5.54 Å². The van der Waals surface area contributed by atoms with Gasteiger partial charge < -0.3 is 4.57 Å². The lowest BCUT2D eigenvalue weighted by Crippen LogP contribution is -2.69. The minimum absolute atomic E-state index is 0.371. The number of allylic oxidation sites excluding steroid dienone is 4. The van der Waals surface area contributed by atoms with E-state index in [1.807, 2.05) is 0 Å². The van der Waals surface area contributed by atoms with Crippen molar-refractivity contribution < 1.29 is 0 Å². The van der Waals surface area contributed by atoms with Crippen molar-refractivity contribution in [3.63, 3.8) is 0 Å². The standard InChI is InChI=1S/C43H35NSi/c1-32-28-34(33-16-6-2-7-17-33)30-39(29-32)45(36-20-10-4-11-21-36,37-22-12-5-13-23-37)38-26-27-43-41(31-38)40-24-14-15-25-42(40)44(43)35-18-8-3-9-19-35/h2-22,24-31,37H,23H2,1H3. The predicted octanol–water partition coefficient (Wildman–Crippen LogP) is 9.12. The maximum Gasteiger partial charge on any atom is 0.155 e. The lowest BCUT2D eigenvalue weighted by Gasteiger charge is -2.40. The van der Waals surface area contributed by atoms with Crippen molar-refractivity contribution in [3.8, 4) is 16.8 Å². The van der Waals surface area contributed by atoms with Crippen LogP contribution < -0.4 is 15.6 Å². The van der Waals surface area contributed by atoms with E-state index >= 15 is 0 Å². The Kier molecular flexibility index (Phi) is 6.93. The molecule has 2 unspecified atom stereocenters. The molecule has 0 fully saturated rings. The summed E-state index contributed by atoms with van der Waals surface area (Å²) in [6, 6.07) is 56.6. The Morgan fingerprint density at radius 1 is 0.533 bits per heavy atom. The fourth-order valence-electron chi connectivity index (χ4n) is 7.63. The second-order valence-electron chi connectivity index (χ2n) is 12.2. The molecule has 0 radical (unpaired) electrons. The topological polar surface area (TPSA) is 4.93 Å². The largest absolute Gasteiger partial charge is 0.309 e. The van der Waals surface area contributed by atoms with Gasteiger partial charge in [0.1, 0.15) is 0 Å². The van der Waals surface area contributed by atoms with Crippen molar-refractivity contribution in [2.45, 2.75) is 18.9 Å². The van der Waals surface area contributed by atoms with E-state index in [0.29, 0.717) is 5.54 Å². The fraction of sp³-hybridized carbons (Fsp3) is 0.0698. The molecule has 0 amide bonds. The smallest absolute Gasteiger partial charge is 0.155 e. The van der Waals surface area contributed by atoms with Gasteiger partial charge in [-0.25, -0.2) is 0 Å². The number of hydrogen-bond donors (Lipinski definition) is 0. The molecule has 45 heavy (non-hydrogen) atoms. The van der Waals surface area contributed by atoms with E-state index in [0.717, 1.165) is 6.42 Å². The number of para-hydroxylation sites is 2. The Balaban J connectivity index is 1.47. The number of nitrogens with zero attached hydrogens (tertiary/aromatic N) is 1. The maximum absolute atomic E-state index is 2.64. The quantitative estimate of drug-likeness (QED) is 0.134. The molecular formula is C43H35NSi. The Labute approximate surface area is 266 Å². The van der Waals surface area contributed by atoms with Crippen LogP contribution in [0, 0.1) is 6.92 Å². The first-order chi connectivity index (χ1) is 22.2. The monoisotopic (exact) mass is 593 g/mol. The summed E-state index contributed by atoms with van der Waals surface area (Å²) >= 11 is 0. The molecule has 0 saturated heterocycles. The molecule has 0 bridgehead atoms. The van der Waals surface area contributed by atoms with Gasteiger partial charge in [0.05, 0.1) is 11.0 Å². The summed E-state index contributed by atoms with van der Waals surface area (Å²) in [7, 11) is -2.64. The summed E-state index contributed by atoms with van der Waals surface area (Å²) in [4.78, 5) is 0. The average Bonchev–Trinajstić information content (AvgIpc) is 3.44. The van der Waals surface area contributed by atoms with E-state index in [1.165, 1.54) is 59.7 Å². The van der Waals surface area contributed by atoms with Crippen molar-refractivity contribution >= 4 is 45.4 Å². The molecule has 1 aliphatic carbocycles. The highest BCUT2D eigenvalue weighted by atomic mass is 28.3. The predicted molar refractivity (Wildman–Crippen MR) is 195 cm³/mol. The summed E-state index contributed by atoms with van der Waals surface area (Å²) in [6.07, 6.45) is 10.4. The van der Waals surface area contributed by atoms with Crippen LogP contribution in [0.15, 0.2) is 176 Å². The van der Waals surface area contributed by atoms with Gasteiger partial charge in [-0.05, 0) is 69.8 Å². The molecule has 0 spiro atoms. The van der Waals surface area contributed by atoms with Crippen LogP contribution in [0.5, 0.6) is 0 Å². The van der Waals surface area contributed by atoms with Crippen LogP contribution in [-0.2, 0) is 0 Å². The number of aromatic nitrogens is 1. The van der Waals surface area contributed by atoms with Gasteiger partial charge in [0.15, 0.2) is 8.07 Å². The maximum atomic E-state index is 2.55. The highest BCUT2D eigenvalue weighted by molar-refractivity contribution is 7.12. The van der Waals surface area contributed by atoms with E-state index < -0.39 is 8.07 Å². The van der Waals surface area contributed by atoms with Crippen molar-refractivity contribution in [3.05, 3.63) is 182 Å². The molecule has 0 saturated carbocycles. The second kappa shape index (κ2) is 11.4. The van der Waals surface area contributed by atoms with Crippen molar-refractivity contribution in [2.24, 2.45) is 0 Å². The fourth-order valence-corrected chi connectivity index (χ4v) is 13.1. The number of aryl methyl sites for hydroxylation is 1. The lowest BCUT2D eigenvalue weighted by molar-refractivity contribution is 0.997. The van der Waals surface area contributed by atoms with Gasteiger partial charge in [-0.15, -0.1) is 0 Å². The first-order valence-electron chi connectivity index (χ1n) is 15.9.